The molecule has 0 unspecified atom stereocenters. The van der Waals surface area contributed by atoms with Gasteiger partial charge in [-0.1, -0.05) is 36.4 Å². The number of nitrogens with two attached hydrogens (primary N) is 1. The number of carboxylic acid groups (broad SMARTS) is 1. The first-order valence-electron chi connectivity index (χ1n) is 12.0. The fourth-order valence-corrected chi connectivity index (χ4v) is 4.79. The number of carbonyl (C=O) groups is 1. The van der Waals surface area contributed by atoms with Gasteiger partial charge in [0.05, 0.1) is 11.0 Å². The number of hydrogen-bond acceptors (Lipinski definition) is 6. The lowest BCUT2D eigenvalue weighted by molar-refractivity contribution is -0.139. The smallest absolute Gasteiger partial charge is 0.341 e. The van der Waals surface area contributed by atoms with Crippen molar-refractivity contribution in [1.82, 2.24) is 14.9 Å². The van der Waals surface area contributed by atoms with Crippen molar-refractivity contribution >= 4 is 33.6 Å². The maximum atomic E-state index is 11.2. The summed E-state index contributed by atoms with van der Waals surface area (Å²) in [5, 5.41) is 22.4. The molecule has 0 aliphatic carbocycles. The quantitative estimate of drug-likeness (QED) is 0.221. The zero-order chi connectivity index (χ0) is 25.2. The van der Waals surface area contributed by atoms with Crippen LogP contribution in [0.2, 0.25) is 0 Å². The number of nitrogens with zero attached hydrogens (tertiary/aromatic N) is 2. The molecule has 0 radical (unpaired) electrons. The number of carboxylic acids is 1. The number of aliphatic carboxylic acids is 1. The molecule has 1 aromatic heterocycles. The highest BCUT2D eigenvalue weighted by atomic mass is 16.5. The Morgan fingerprint density at radius 2 is 1.92 bits per heavy atom. The molecule has 4 aromatic rings. The summed E-state index contributed by atoms with van der Waals surface area (Å²) in [6, 6.07) is 15.5. The number of aryl methyl sites for hydroxylation is 1. The molecule has 0 atom stereocenters. The highest BCUT2D eigenvalue weighted by Crippen LogP contribution is 2.35. The van der Waals surface area contributed by atoms with Gasteiger partial charge in [-0.15, -0.1) is 0 Å². The lowest BCUT2D eigenvalue weighted by Gasteiger charge is -2.25. The molecule has 2 heterocycles. The monoisotopic (exact) mass is 487 g/mol. The van der Waals surface area contributed by atoms with E-state index in [0.717, 1.165) is 53.6 Å². The van der Waals surface area contributed by atoms with Crippen molar-refractivity contribution < 1.29 is 19.4 Å². The molecule has 9 heteroatoms. The maximum Gasteiger partial charge on any atom is 0.341 e. The van der Waals surface area contributed by atoms with Crippen molar-refractivity contribution in [3.05, 3.63) is 65.5 Å². The molecular weight excluding hydrogens is 458 g/mol. The number of hydrogen-bond donors (Lipinski definition) is 4. The highest BCUT2D eigenvalue weighted by molar-refractivity contribution is 6.08. The average molecular weight is 488 g/mol. The summed E-state index contributed by atoms with van der Waals surface area (Å²) in [5.41, 5.74) is 9.18. The summed E-state index contributed by atoms with van der Waals surface area (Å²) in [6.07, 6.45) is 1.75. The van der Waals surface area contributed by atoms with Crippen LogP contribution in [0.5, 0.6) is 11.5 Å². The van der Waals surface area contributed by atoms with Gasteiger partial charge in [-0.05, 0) is 49.2 Å². The fraction of sp³-hybridized carbons (Fsp3) is 0.296. The van der Waals surface area contributed by atoms with Crippen LogP contribution < -0.4 is 20.5 Å². The Bertz CT molecular complexity index is 1460. The Balaban J connectivity index is 1.57. The van der Waals surface area contributed by atoms with Crippen LogP contribution in [0.4, 0.5) is 0 Å². The summed E-state index contributed by atoms with van der Waals surface area (Å²) in [4.78, 5) is 15.9. The van der Waals surface area contributed by atoms with E-state index in [1.54, 1.807) is 6.07 Å². The van der Waals surface area contributed by atoms with Gasteiger partial charge < -0.3 is 30.2 Å². The molecule has 9 nitrogen and oxygen atoms in total. The van der Waals surface area contributed by atoms with Crippen molar-refractivity contribution in [2.45, 2.75) is 32.4 Å². The number of aromatic nitrogens is 2. The number of fused-ring (bicyclic) bond motifs is 2. The van der Waals surface area contributed by atoms with Gasteiger partial charge in [-0.2, -0.15) is 0 Å². The molecule has 0 bridgehead atoms. The van der Waals surface area contributed by atoms with Gasteiger partial charge in [0.2, 0.25) is 0 Å². The second-order valence-corrected chi connectivity index (χ2v) is 9.01. The fourth-order valence-electron chi connectivity index (χ4n) is 4.79. The summed E-state index contributed by atoms with van der Waals surface area (Å²) in [7, 11) is 0. The molecule has 0 saturated carbocycles. The van der Waals surface area contributed by atoms with E-state index in [1.807, 2.05) is 49.4 Å². The molecule has 36 heavy (non-hydrogen) atoms. The van der Waals surface area contributed by atoms with Gasteiger partial charge >= 0.3 is 5.97 Å². The maximum absolute atomic E-state index is 11.2. The van der Waals surface area contributed by atoms with Gasteiger partial charge in [0.25, 0.3) is 0 Å². The standard InChI is InChI=1S/C27H29N5O4/c1-16-31-22-12-24(35-15-26(33)34)25(36-18-8-10-30-11-9-18)13-23(22)32(16)14-17-6-7-21(27(28)29)20-5-3-2-4-19(17)20/h2-7,12-13,18,30H,8-11,14-15H2,1H3,(H3,28,29)(H,33,34). The minimum atomic E-state index is -1.05. The molecule has 5 N–H and O–H groups in total. The zero-order valence-electron chi connectivity index (χ0n) is 20.1. The van der Waals surface area contributed by atoms with Crippen LogP contribution in [0.3, 0.4) is 0 Å². The number of ether oxygens (including phenoxy) is 2. The Morgan fingerprint density at radius 1 is 1.17 bits per heavy atom. The van der Waals surface area contributed by atoms with Crippen LogP contribution >= 0.6 is 0 Å². The summed E-state index contributed by atoms with van der Waals surface area (Å²) in [6.45, 7) is 3.79. The van der Waals surface area contributed by atoms with Gasteiger partial charge in [-0.25, -0.2) is 9.78 Å². The zero-order valence-corrected chi connectivity index (χ0v) is 20.1. The second-order valence-electron chi connectivity index (χ2n) is 9.01. The summed E-state index contributed by atoms with van der Waals surface area (Å²) >= 11 is 0. The lowest BCUT2D eigenvalue weighted by atomic mass is 9.99. The van der Waals surface area contributed by atoms with E-state index in [2.05, 4.69) is 9.88 Å². The van der Waals surface area contributed by atoms with Gasteiger partial charge in [0.1, 0.15) is 17.8 Å². The summed E-state index contributed by atoms with van der Waals surface area (Å²) < 4.78 is 14.0. The molecule has 186 valence electrons. The molecule has 1 aliphatic heterocycles. The third kappa shape index (κ3) is 4.70. The van der Waals surface area contributed by atoms with E-state index in [-0.39, 0.29) is 11.9 Å². The molecule has 1 aliphatic rings. The third-order valence-corrected chi connectivity index (χ3v) is 6.57. The lowest BCUT2D eigenvalue weighted by Crippen LogP contribution is -2.34. The van der Waals surface area contributed by atoms with E-state index >= 15 is 0 Å². The van der Waals surface area contributed by atoms with E-state index < -0.39 is 12.6 Å². The highest BCUT2D eigenvalue weighted by Gasteiger charge is 2.20. The van der Waals surface area contributed by atoms with Crippen LogP contribution in [0.1, 0.15) is 29.8 Å². The Hall–Kier alpha value is -4.11. The normalized spacial score (nSPS) is 14.2. The predicted molar refractivity (Wildman–Crippen MR) is 138 cm³/mol. The molecule has 1 saturated heterocycles. The first-order valence-corrected chi connectivity index (χ1v) is 12.0. The molecular formula is C27H29N5O4. The third-order valence-electron chi connectivity index (χ3n) is 6.57. The molecule has 3 aromatic carbocycles. The molecule has 1 fully saturated rings. The van der Waals surface area contributed by atoms with Crippen molar-refractivity contribution in [2.75, 3.05) is 19.7 Å². The Morgan fingerprint density at radius 3 is 2.64 bits per heavy atom. The Labute approximate surface area is 208 Å². The molecule has 0 amide bonds. The van der Waals surface area contributed by atoms with Crippen LogP contribution in [0, 0.1) is 12.3 Å². The second kappa shape index (κ2) is 9.87. The Kier molecular flexibility index (Phi) is 6.47. The van der Waals surface area contributed by atoms with Crippen LogP contribution in [0.25, 0.3) is 21.8 Å². The van der Waals surface area contributed by atoms with Gasteiger partial charge in [-0.3, -0.25) is 5.41 Å². The van der Waals surface area contributed by atoms with Crippen LogP contribution in [-0.4, -0.2) is 52.3 Å². The van der Waals surface area contributed by atoms with Crippen molar-refractivity contribution in [2.24, 2.45) is 5.73 Å². The first-order chi connectivity index (χ1) is 17.4. The summed E-state index contributed by atoms with van der Waals surface area (Å²) in [5.74, 6) is 0.701. The van der Waals surface area contributed by atoms with E-state index in [1.165, 1.54) is 0 Å². The average Bonchev–Trinajstić information content (AvgIpc) is 3.16. The number of amidine groups is 1. The minimum Gasteiger partial charge on any atom is -0.486 e. The van der Waals surface area contributed by atoms with Crippen LogP contribution in [0.15, 0.2) is 48.5 Å². The number of imidazole rings is 1. The van der Waals surface area contributed by atoms with Crippen molar-refractivity contribution in [3.8, 4) is 11.5 Å². The minimum absolute atomic E-state index is 0.0245. The largest absolute Gasteiger partial charge is 0.486 e. The number of nitrogen functional groups attached to an aromatic ring is 1. The number of benzene rings is 3. The first kappa shape index (κ1) is 23.6. The molecule has 5 rings (SSSR count). The SMILES string of the molecule is Cc1nc2cc(OCC(=O)O)c(OC3CCNCC3)cc2n1Cc1ccc(C(=N)N)c2ccccc12. The number of rotatable bonds is 8. The van der Waals surface area contributed by atoms with E-state index in [4.69, 9.17) is 30.7 Å². The number of nitrogens with one attached hydrogen (secondary N) is 2. The van der Waals surface area contributed by atoms with E-state index in [9.17, 15) is 4.79 Å². The topological polar surface area (TPSA) is 135 Å². The predicted octanol–water partition coefficient (Wildman–Crippen LogP) is 3.42. The van der Waals surface area contributed by atoms with Crippen molar-refractivity contribution in [1.29, 1.82) is 5.41 Å². The van der Waals surface area contributed by atoms with Crippen molar-refractivity contribution in [3.63, 3.8) is 0 Å². The van der Waals surface area contributed by atoms with E-state index in [0.29, 0.717) is 29.1 Å². The van der Waals surface area contributed by atoms with Gasteiger partial charge in [0.15, 0.2) is 18.1 Å². The van der Waals surface area contributed by atoms with Crippen LogP contribution in [-0.2, 0) is 11.3 Å². The number of piperidine rings is 1. The molecule has 0 spiro atoms. The van der Waals surface area contributed by atoms with Gasteiger partial charge in [0, 0.05) is 24.2 Å².